The fraction of sp³-hybridized carbons (Fsp3) is 0.0164. The summed E-state index contributed by atoms with van der Waals surface area (Å²) in [7, 11) is 0. The number of rotatable bonds is 10. The summed E-state index contributed by atoms with van der Waals surface area (Å²) < 4.78 is 0. The number of hydrogen-bond donors (Lipinski definition) is 0. The molecule has 0 spiro atoms. The fourth-order valence-electron chi connectivity index (χ4n) is 8.49. The lowest BCUT2D eigenvalue weighted by Gasteiger charge is -2.13. The Balaban J connectivity index is 0.932. The second-order valence-corrected chi connectivity index (χ2v) is 15.8. The van der Waals surface area contributed by atoms with Crippen LogP contribution in [0.4, 0.5) is 0 Å². The van der Waals surface area contributed by atoms with E-state index in [2.05, 4.69) is 255 Å². The van der Waals surface area contributed by atoms with E-state index in [1.807, 2.05) is 0 Å². The van der Waals surface area contributed by atoms with E-state index >= 15 is 0 Å². The molecule has 0 heteroatoms. The molecule has 0 saturated heterocycles. The van der Waals surface area contributed by atoms with Gasteiger partial charge in [-0.05, 0) is 155 Å². The van der Waals surface area contributed by atoms with Gasteiger partial charge in [0, 0.05) is 0 Å². The fourth-order valence-corrected chi connectivity index (χ4v) is 8.49. The van der Waals surface area contributed by atoms with Crippen LogP contribution in [0, 0.1) is 0 Å². The zero-order valence-electron chi connectivity index (χ0n) is 34.0. The van der Waals surface area contributed by atoms with Gasteiger partial charge in [-0.1, -0.05) is 206 Å². The lowest BCUT2D eigenvalue weighted by atomic mass is 9.91. The Morgan fingerprint density at radius 3 is 0.639 bits per heavy atom. The highest BCUT2D eigenvalue weighted by atomic mass is 14.2. The van der Waals surface area contributed by atoms with E-state index < -0.39 is 0 Å². The molecule has 0 nitrogen and oxygen atoms in total. The molecule has 10 aromatic rings. The zero-order chi connectivity index (χ0) is 40.8. The molecule has 61 heavy (non-hydrogen) atoms. The first kappa shape index (κ1) is 37.5. The van der Waals surface area contributed by atoms with E-state index in [4.69, 9.17) is 0 Å². The van der Waals surface area contributed by atoms with Gasteiger partial charge in [-0.25, -0.2) is 0 Å². The molecule has 0 aliphatic rings. The standard InChI is InChI=1S/C61H44/c1-5-19-46(20-6-1)56-38-57(47-21-7-2-8-22-47)41-60(40-56)54-31-15-29-52(36-54)50-27-13-17-44(34-50)33-45-18-14-28-51(35-45)53-30-16-32-55(37-53)61-42-58(48-23-9-3-10-24-48)39-59(43-61)49-25-11-4-12-26-49/h1-32,34-43H,33H2. The van der Waals surface area contributed by atoms with Gasteiger partial charge in [-0.2, -0.15) is 0 Å². The van der Waals surface area contributed by atoms with E-state index in [1.165, 1.54) is 100 Å². The molecule has 10 rings (SSSR count). The summed E-state index contributed by atoms with van der Waals surface area (Å²) in [6.45, 7) is 0. The molecule has 0 heterocycles. The van der Waals surface area contributed by atoms with E-state index in [0.29, 0.717) is 0 Å². The second kappa shape index (κ2) is 17.2. The van der Waals surface area contributed by atoms with Gasteiger partial charge >= 0.3 is 0 Å². The highest BCUT2D eigenvalue weighted by molar-refractivity contribution is 5.84. The van der Waals surface area contributed by atoms with Gasteiger partial charge in [0.15, 0.2) is 0 Å². The van der Waals surface area contributed by atoms with E-state index in [1.54, 1.807) is 0 Å². The lowest BCUT2D eigenvalue weighted by molar-refractivity contribution is 1.19. The molecule has 0 radical (unpaired) electrons. The Labute approximate surface area is 359 Å². The van der Waals surface area contributed by atoms with Crippen molar-refractivity contribution in [3.8, 4) is 89.0 Å². The van der Waals surface area contributed by atoms with Gasteiger partial charge < -0.3 is 0 Å². The summed E-state index contributed by atoms with van der Waals surface area (Å²) in [5.74, 6) is 0. The summed E-state index contributed by atoms with van der Waals surface area (Å²) in [5, 5.41) is 0. The van der Waals surface area contributed by atoms with E-state index in [9.17, 15) is 0 Å². The maximum atomic E-state index is 2.35. The summed E-state index contributed by atoms with van der Waals surface area (Å²) >= 11 is 0. The average Bonchev–Trinajstić information content (AvgIpc) is 3.35. The molecule has 0 saturated carbocycles. The zero-order valence-corrected chi connectivity index (χ0v) is 34.0. The summed E-state index contributed by atoms with van der Waals surface area (Å²) in [5.41, 5.74) is 22.0. The normalized spacial score (nSPS) is 11.0. The SMILES string of the molecule is c1ccc(-c2cc(-c3ccccc3)cc(-c3cccc(-c4cccc(Cc5cccc(-c6cccc(-c7cc(-c8ccccc8)cc(-c8ccccc8)c7)c6)c5)c4)c3)c2)cc1. The van der Waals surface area contributed by atoms with Crippen LogP contribution in [0.25, 0.3) is 89.0 Å². The monoisotopic (exact) mass is 776 g/mol. The molecule has 10 aromatic carbocycles. The summed E-state index contributed by atoms with van der Waals surface area (Å²) in [6, 6.07) is 92.7. The largest absolute Gasteiger partial charge is 0.0622 e. The molecule has 288 valence electrons. The third kappa shape index (κ3) is 8.53. The van der Waals surface area contributed by atoms with Crippen LogP contribution in [-0.2, 0) is 6.42 Å². The Bertz CT molecular complexity index is 2740. The minimum atomic E-state index is 0.847. The van der Waals surface area contributed by atoms with Crippen molar-refractivity contribution in [1.29, 1.82) is 0 Å². The molecule has 0 fully saturated rings. The molecule has 0 aliphatic heterocycles. The van der Waals surface area contributed by atoms with Crippen LogP contribution in [0.3, 0.4) is 0 Å². The van der Waals surface area contributed by atoms with Crippen LogP contribution >= 0.6 is 0 Å². The smallest absolute Gasteiger partial charge is 0.00253 e. The maximum absolute atomic E-state index is 2.35. The molecule has 0 atom stereocenters. The predicted molar refractivity (Wildman–Crippen MR) is 259 cm³/mol. The third-order valence-corrected chi connectivity index (χ3v) is 11.6. The second-order valence-electron chi connectivity index (χ2n) is 15.8. The first-order valence-corrected chi connectivity index (χ1v) is 21.1. The summed E-state index contributed by atoms with van der Waals surface area (Å²) in [4.78, 5) is 0. The molecule has 0 bridgehead atoms. The quantitative estimate of drug-likeness (QED) is 0.130. The van der Waals surface area contributed by atoms with Crippen molar-refractivity contribution in [3.63, 3.8) is 0 Å². The number of benzene rings is 10. The topological polar surface area (TPSA) is 0 Å². The van der Waals surface area contributed by atoms with Gasteiger partial charge in [-0.15, -0.1) is 0 Å². The van der Waals surface area contributed by atoms with Crippen LogP contribution in [0.2, 0.25) is 0 Å². The Kier molecular flexibility index (Phi) is 10.6. The molecule has 0 N–H and O–H groups in total. The van der Waals surface area contributed by atoms with Crippen LogP contribution in [-0.4, -0.2) is 0 Å². The molecule has 0 amide bonds. The van der Waals surface area contributed by atoms with Gasteiger partial charge in [0.25, 0.3) is 0 Å². The molecule has 0 aromatic heterocycles. The van der Waals surface area contributed by atoms with E-state index in [0.717, 1.165) is 6.42 Å². The van der Waals surface area contributed by atoms with Crippen LogP contribution in [0.1, 0.15) is 11.1 Å². The Morgan fingerprint density at radius 2 is 0.344 bits per heavy atom. The van der Waals surface area contributed by atoms with Crippen molar-refractivity contribution in [2.24, 2.45) is 0 Å². The van der Waals surface area contributed by atoms with Gasteiger partial charge in [0.1, 0.15) is 0 Å². The molecular formula is C61H44. The van der Waals surface area contributed by atoms with Crippen LogP contribution in [0.5, 0.6) is 0 Å². The minimum absolute atomic E-state index is 0.847. The van der Waals surface area contributed by atoms with Crippen LogP contribution < -0.4 is 0 Å². The highest BCUT2D eigenvalue weighted by Crippen LogP contribution is 2.37. The first-order valence-electron chi connectivity index (χ1n) is 21.1. The lowest BCUT2D eigenvalue weighted by Crippen LogP contribution is -1.91. The van der Waals surface area contributed by atoms with Gasteiger partial charge in [0.2, 0.25) is 0 Å². The Morgan fingerprint density at radius 1 is 0.148 bits per heavy atom. The van der Waals surface area contributed by atoms with Gasteiger partial charge in [0.05, 0.1) is 0 Å². The van der Waals surface area contributed by atoms with Crippen molar-refractivity contribution in [3.05, 3.63) is 266 Å². The van der Waals surface area contributed by atoms with Gasteiger partial charge in [-0.3, -0.25) is 0 Å². The molecule has 0 unspecified atom stereocenters. The first-order chi connectivity index (χ1) is 30.2. The van der Waals surface area contributed by atoms with Crippen molar-refractivity contribution in [1.82, 2.24) is 0 Å². The number of hydrogen-bond acceptors (Lipinski definition) is 0. The minimum Gasteiger partial charge on any atom is -0.0622 e. The van der Waals surface area contributed by atoms with E-state index in [-0.39, 0.29) is 0 Å². The third-order valence-electron chi connectivity index (χ3n) is 11.6. The Hall–Kier alpha value is -7.80. The molecular weight excluding hydrogens is 733 g/mol. The summed E-state index contributed by atoms with van der Waals surface area (Å²) in [6.07, 6.45) is 0.847. The molecule has 0 aliphatic carbocycles. The van der Waals surface area contributed by atoms with Crippen molar-refractivity contribution >= 4 is 0 Å². The van der Waals surface area contributed by atoms with Crippen molar-refractivity contribution < 1.29 is 0 Å². The highest BCUT2D eigenvalue weighted by Gasteiger charge is 2.12. The van der Waals surface area contributed by atoms with Crippen LogP contribution in [0.15, 0.2) is 255 Å². The average molecular weight is 777 g/mol. The maximum Gasteiger partial charge on any atom is -0.00253 e. The predicted octanol–water partition coefficient (Wildman–Crippen LogP) is 16.6. The van der Waals surface area contributed by atoms with Crippen molar-refractivity contribution in [2.45, 2.75) is 6.42 Å². The van der Waals surface area contributed by atoms with Crippen molar-refractivity contribution in [2.75, 3.05) is 0 Å².